The molecule has 0 heterocycles. The van der Waals surface area contributed by atoms with E-state index in [0.717, 1.165) is 0 Å². The maximum Gasteiger partial charge on any atom is 0.0713 e. The molecule has 3 heteroatoms. The molecule has 0 fully saturated rings. The zero-order valence-corrected chi connectivity index (χ0v) is 6.42. The van der Waals surface area contributed by atoms with Gasteiger partial charge < -0.3 is 5.73 Å². The van der Waals surface area contributed by atoms with E-state index in [-0.39, 0.29) is 5.38 Å². The summed E-state index contributed by atoms with van der Waals surface area (Å²) in [6.45, 7) is 3.50. The molecule has 1 nitrogen and oxygen atoms in total. The molecule has 0 saturated heterocycles. The lowest BCUT2D eigenvalue weighted by atomic mass is 10.3. The molecule has 0 aromatic rings. The van der Waals surface area contributed by atoms with Crippen LogP contribution in [0.4, 0.5) is 0 Å². The van der Waals surface area contributed by atoms with Gasteiger partial charge in [-0.25, -0.2) is 0 Å². The predicted molar refractivity (Wildman–Crippen MR) is 38.1 cm³/mol. The second kappa shape index (κ2) is 3.21. The number of hydrogen-bond donors (Lipinski definition) is 1. The minimum atomic E-state index is -0.160. The zero-order chi connectivity index (χ0) is 6.73. The van der Waals surface area contributed by atoms with Crippen molar-refractivity contribution in [3.8, 4) is 0 Å². The van der Waals surface area contributed by atoms with Crippen molar-refractivity contribution in [2.45, 2.75) is 19.2 Å². The Balaban J connectivity index is 4.00. The lowest BCUT2D eigenvalue weighted by molar-refractivity contribution is 1.06. The van der Waals surface area contributed by atoms with Crippen molar-refractivity contribution < 1.29 is 0 Å². The summed E-state index contributed by atoms with van der Waals surface area (Å²) >= 11 is 11.0. The lowest BCUT2D eigenvalue weighted by Gasteiger charge is -2.01. The quantitative estimate of drug-likeness (QED) is 0.574. The molecule has 0 aliphatic carbocycles. The van der Waals surface area contributed by atoms with E-state index < -0.39 is 0 Å². The Morgan fingerprint density at radius 2 is 2.00 bits per heavy atom. The van der Waals surface area contributed by atoms with Gasteiger partial charge in [0.05, 0.1) is 5.38 Å². The van der Waals surface area contributed by atoms with Crippen LogP contribution in [0.2, 0.25) is 0 Å². The van der Waals surface area contributed by atoms with E-state index in [1.807, 2.05) is 0 Å². The van der Waals surface area contributed by atoms with Crippen LogP contribution in [-0.2, 0) is 0 Å². The van der Waals surface area contributed by atoms with Gasteiger partial charge in [0.1, 0.15) is 0 Å². The Kier molecular flexibility index (Phi) is 3.25. The highest BCUT2D eigenvalue weighted by atomic mass is 35.5. The number of hydrogen-bond acceptors (Lipinski definition) is 1. The van der Waals surface area contributed by atoms with Crippen LogP contribution in [0.3, 0.4) is 0 Å². The average Bonchev–Trinajstić information content (AvgIpc) is 1.64. The highest BCUT2D eigenvalue weighted by Gasteiger charge is 2.00. The fourth-order valence-corrected chi connectivity index (χ4v) is 0.657. The van der Waals surface area contributed by atoms with Gasteiger partial charge in [-0.3, -0.25) is 0 Å². The molecule has 48 valence electrons. The summed E-state index contributed by atoms with van der Waals surface area (Å²) in [5.74, 6) is 0. The van der Waals surface area contributed by atoms with Crippen LogP contribution in [0.1, 0.15) is 13.8 Å². The van der Waals surface area contributed by atoms with Gasteiger partial charge in [-0.15, -0.1) is 11.6 Å². The van der Waals surface area contributed by atoms with Crippen LogP contribution in [-0.4, -0.2) is 5.38 Å². The van der Waals surface area contributed by atoms with Crippen molar-refractivity contribution in [2.75, 3.05) is 0 Å². The molecule has 0 bridgehead atoms. The summed E-state index contributed by atoms with van der Waals surface area (Å²) in [6, 6.07) is 0. The summed E-state index contributed by atoms with van der Waals surface area (Å²) in [4.78, 5) is 0. The van der Waals surface area contributed by atoms with Crippen molar-refractivity contribution in [1.29, 1.82) is 0 Å². The molecular formula is C5H9Cl2N. The number of rotatable bonds is 1. The SMILES string of the molecule is C/C(Cl)=C(/N)C(C)Cl. The number of nitrogens with two attached hydrogens (primary N) is 1. The third-order valence-electron chi connectivity index (χ3n) is 0.826. The van der Waals surface area contributed by atoms with Crippen LogP contribution in [0.25, 0.3) is 0 Å². The van der Waals surface area contributed by atoms with Gasteiger partial charge in [0.15, 0.2) is 0 Å². The van der Waals surface area contributed by atoms with Gasteiger partial charge in [0.25, 0.3) is 0 Å². The molecule has 0 radical (unpaired) electrons. The topological polar surface area (TPSA) is 26.0 Å². The van der Waals surface area contributed by atoms with E-state index >= 15 is 0 Å². The van der Waals surface area contributed by atoms with Crippen LogP contribution < -0.4 is 5.73 Å². The Hall–Kier alpha value is 0.120. The Morgan fingerprint density at radius 1 is 1.62 bits per heavy atom. The van der Waals surface area contributed by atoms with E-state index in [0.29, 0.717) is 10.7 Å². The normalized spacial score (nSPS) is 17.5. The van der Waals surface area contributed by atoms with Crippen LogP contribution in [0, 0.1) is 0 Å². The van der Waals surface area contributed by atoms with Crippen LogP contribution >= 0.6 is 23.2 Å². The largest absolute Gasteiger partial charge is 0.400 e. The van der Waals surface area contributed by atoms with Crippen LogP contribution in [0.15, 0.2) is 10.7 Å². The minimum absolute atomic E-state index is 0.160. The molecule has 2 N–H and O–H groups in total. The van der Waals surface area contributed by atoms with Gasteiger partial charge in [0.2, 0.25) is 0 Å². The zero-order valence-electron chi connectivity index (χ0n) is 4.91. The van der Waals surface area contributed by atoms with E-state index in [1.54, 1.807) is 13.8 Å². The molecule has 0 aromatic heterocycles. The first-order chi connectivity index (χ1) is 3.55. The molecule has 0 aromatic carbocycles. The van der Waals surface area contributed by atoms with Gasteiger partial charge in [-0.1, -0.05) is 11.6 Å². The van der Waals surface area contributed by atoms with Crippen LogP contribution in [0.5, 0.6) is 0 Å². The van der Waals surface area contributed by atoms with Gasteiger partial charge in [-0.05, 0) is 13.8 Å². The Labute approximate surface area is 59.5 Å². The van der Waals surface area contributed by atoms with Gasteiger partial charge in [-0.2, -0.15) is 0 Å². The first-order valence-electron chi connectivity index (χ1n) is 2.31. The first kappa shape index (κ1) is 8.12. The summed E-state index contributed by atoms with van der Waals surface area (Å²) in [5.41, 5.74) is 5.92. The molecule has 1 unspecified atom stereocenters. The third-order valence-corrected chi connectivity index (χ3v) is 1.28. The molecule has 0 aliphatic heterocycles. The molecule has 0 rings (SSSR count). The van der Waals surface area contributed by atoms with E-state index in [1.165, 1.54) is 0 Å². The van der Waals surface area contributed by atoms with Crippen molar-refractivity contribution >= 4 is 23.2 Å². The van der Waals surface area contributed by atoms with E-state index in [4.69, 9.17) is 28.9 Å². The maximum atomic E-state index is 5.56. The second-order valence-electron chi connectivity index (χ2n) is 1.60. The summed E-state index contributed by atoms with van der Waals surface area (Å²) in [7, 11) is 0. The van der Waals surface area contributed by atoms with Gasteiger partial charge >= 0.3 is 0 Å². The number of alkyl halides is 1. The smallest absolute Gasteiger partial charge is 0.0713 e. The summed E-state index contributed by atoms with van der Waals surface area (Å²) in [6.07, 6.45) is 0. The van der Waals surface area contributed by atoms with Gasteiger partial charge in [0, 0.05) is 10.7 Å². The van der Waals surface area contributed by atoms with Crippen molar-refractivity contribution in [3.05, 3.63) is 10.7 Å². The molecule has 8 heavy (non-hydrogen) atoms. The lowest BCUT2D eigenvalue weighted by Crippen LogP contribution is -2.08. The van der Waals surface area contributed by atoms with E-state index in [9.17, 15) is 0 Å². The molecule has 0 saturated carbocycles. The highest BCUT2D eigenvalue weighted by Crippen LogP contribution is 2.10. The molecule has 0 spiro atoms. The number of halogens is 2. The molecule has 0 amide bonds. The Bertz CT molecular complexity index is 103. The fourth-order valence-electron chi connectivity index (χ4n) is 0.274. The average molecular weight is 154 g/mol. The van der Waals surface area contributed by atoms with Crippen molar-refractivity contribution in [2.24, 2.45) is 5.73 Å². The molecule has 1 atom stereocenters. The minimum Gasteiger partial charge on any atom is -0.400 e. The predicted octanol–water partition coefficient (Wildman–Crippen LogP) is 2.04. The Morgan fingerprint density at radius 3 is 2.00 bits per heavy atom. The van der Waals surface area contributed by atoms with Crippen molar-refractivity contribution in [3.63, 3.8) is 0 Å². The number of allylic oxidation sites excluding steroid dienone is 2. The van der Waals surface area contributed by atoms with E-state index in [2.05, 4.69) is 0 Å². The fraction of sp³-hybridized carbons (Fsp3) is 0.600. The summed E-state index contributed by atoms with van der Waals surface area (Å²) in [5, 5.41) is 0.417. The monoisotopic (exact) mass is 153 g/mol. The third kappa shape index (κ3) is 2.43. The first-order valence-corrected chi connectivity index (χ1v) is 3.13. The standard InChI is InChI=1S/C5H9Cl2N/c1-3(6)5(8)4(2)7/h3H,8H2,1-2H3/b5-4-. The molecular weight excluding hydrogens is 145 g/mol. The van der Waals surface area contributed by atoms with Crippen molar-refractivity contribution in [1.82, 2.24) is 0 Å². The highest BCUT2D eigenvalue weighted by molar-refractivity contribution is 6.31. The maximum absolute atomic E-state index is 5.56. The molecule has 0 aliphatic rings. The second-order valence-corrected chi connectivity index (χ2v) is 2.83. The summed E-state index contributed by atoms with van der Waals surface area (Å²) < 4.78 is 0.